The Morgan fingerprint density at radius 2 is 2.32 bits per heavy atom. The molecule has 0 bridgehead atoms. The molecule has 1 saturated carbocycles. The lowest BCUT2D eigenvalue weighted by molar-refractivity contribution is -0.119. The number of nitrogens with one attached hydrogen (secondary N) is 1. The second kappa shape index (κ2) is 6.75. The third-order valence-electron chi connectivity index (χ3n) is 3.98. The number of aryl methyl sites for hydroxylation is 1. The molecule has 1 aliphatic rings. The molecule has 106 valence electrons. The van der Waals surface area contributed by atoms with Gasteiger partial charge in [-0.05, 0) is 25.2 Å². The van der Waals surface area contributed by atoms with Crippen molar-refractivity contribution in [1.82, 2.24) is 10.3 Å². The summed E-state index contributed by atoms with van der Waals surface area (Å²) in [5.41, 5.74) is 1.03. The fraction of sp³-hybridized carbons (Fsp3) is 0.714. The number of rotatable bonds is 4. The maximum atomic E-state index is 12.0. The van der Waals surface area contributed by atoms with Crippen LogP contribution < -0.4 is 5.32 Å². The van der Waals surface area contributed by atoms with Crippen LogP contribution in [0.2, 0.25) is 0 Å². The zero-order valence-electron chi connectivity index (χ0n) is 11.8. The lowest BCUT2D eigenvalue weighted by Gasteiger charge is -2.34. The quantitative estimate of drug-likeness (QED) is 0.865. The summed E-state index contributed by atoms with van der Waals surface area (Å²) >= 11 is 3.15. The molecule has 1 aromatic heterocycles. The minimum absolute atomic E-state index is 0.142. The van der Waals surface area contributed by atoms with Crippen molar-refractivity contribution >= 4 is 29.0 Å². The number of thiazole rings is 1. The average Bonchev–Trinajstić information content (AvgIpc) is 2.78. The monoisotopic (exact) mass is 298 g/mol. The Labute approximate surface area is 123 Å². The van der Waals surface area contributed by atoms with Gasteiger partial charge in [0.2, 0.25) is 5.91 Å². The summed E-state index contributed by atoms with van der Waals surface area (Å²) in [5, 5.41) is 5.21. The first-order valence-corrected chi connectivity index (χ1v) is 8.77. The first-order valence-electron chi connectivity index (χ1n) is 6.90. The molecule has 0 aromatic carbocycles. The zero-order valence-corrected chi connectivity index (χ0v) is 13.4. The van der Waals surface area contributed by atoms with E-state index in [0.29, 0.717) is 23.6 Å². The van der Waals surface area contributed by atoms with Crippen LogP contribution in [0.4, 0.5) is 0 Å². The fourth-order valence-electron chi connectivity index (χ4n) is 2.56. The van der Waals surface area contributed by atoms with Gasteiger partial charge < -0.3 is 5.32 Å². The molecule has 1 heterocycles. The third-order valence-corrected chi connectivity index (χ3v) is 6.12. The predicted octanol–water partition coefficient (Wildman–Crippen LogP) is 3.48. The number of hydrogen-bond acceptors (Lipinski definition) is 4. The minimum atomic E-state index is 0.142. The van der Waals surface area contributed by atoms with E-state index in [-0.39, 0.29) is 5.91 Å². The molecule has 1 aromatic rings. The minimum Gasteiger partial charge on any atom is -0.352 e. The Kier molecular flexibility index (Phi) is 5.28. The number of aromatic nitrogens is 1. The highest BCUT2D eigenvalue weighted by Gasteiger charge is 2.27. The Balaban J connectivity index is 1.77. The van der Waals surface area contributed by atoms with E-state index in [1.165, 1.54) is 24.6 Å². The second-order valence-electron chi connectivity index (χ2n) is 5.48. The van der Waals surface area contributed by atoms with Crippen LogP contribution in [-0.4, -0.2) is 22.7 Å². The van der Waals surface area contributed by atoms with E-state index >= 15 is 0 Å². The Hall–Kier alpha value is -0.550. The van der Waals surface area contributed by atoms with Gasteiger partial charge >= 0.3 is 0 Å². The molecule has 0 aliphatic heterocycles. The SMILES string of the molecule is Cc1csc(SCC(=O)N[C@@H]2CCC[C@H](C)[C@H]2C)n1. The van der Waals surface area contributed by atoms with Gasteiger partial charge in [-0.3, -0.25) is 4.79 Å². The van der Waals surface area contributed by atoms with E-state index < -0.39 is 0 Å². The van der Waals surface area contributed by atoms with Crippen LogP contribution in [0.25, 0.3) is 0 Å². The van der Waals surface area contributed by atoms with Crippen molar-refractivity contribution in [1.29, 1.82) is 0 Å². The smallest absolute Gasteiger partial charge is 0.230 e. The van der Waals surface area contributed by atoms with Gasteiger partial charge in [-0.25, -0.2) is 4.98 Å². The van der Waals surface area contributed by atoms with Gasteiger partial charge in [-0.15, -0.1) is 11.3 Å². The Bertz CT molecular complexity index is 433. The van der Waals surface area contributed by atoms with Gasteiger partial charge in [0.1, 0.15) is 0 Å². The molecule has 0 unspecified atom stereocenters. The highest BCUT2D eigenvalue weighted by molar-refractivity contribution is 8.01. The van der Waals surface area contributed by atoms with Crippen molar-refractivity contribution in [2.24, 2.45) is 11.8 Å². The predicted molar refractivity (Wildman–Crippen MR) is 81.7 cm³/mol. The van der Waals surface area contributed by atoms with Crippen LogP contribution in [0.15, 0.2) is 9.72 Å². The van der Waals surface area contributed by atoms with Crippen molar-refractivity contribution in [3.05, 3.63) is 11.1 Å². The average molecular weight is 298 g/mol. The Morgan fingerprint density at radius 3 is 3.00 bits per heavy atom. The molecule has 0 spiro atoms. The fourth-order valence-corrected chi connectivity index (χ4v) is 4.22. The van der Waals surface area contributed by atoms with Crippen molar-refractivity contribution in [2.45, 2.75) is 50.4 Å². The van der Waals surface area contributed by atoms with E-state index in [2.05, 4.69) is 24.1 Å². The van der Waals surface area contributed by atoms with Gasteiger partial charge in [0.05, 0.1) is 5.75 Å². The lowest BCUT2D eigenvalue weighted by Crippen LogP contribution is -2.44. The molecule has 0 saturated heterocycles. The van der Waals surface area contributed by atoms with Crippen molar-refractivity contribution in [2.75, 3.05) is 5.75 Å². The standard InChI is InChI=1S/C14H22N2OS2/c1-9-5-4-6-12(11(9)3)16-13(17)8-19-14-15-10(2)7-18-14/h7,9,11-12H,4-6,8H2,1-3H3,(H,16,17)/t9-,11+,12+/m0/s1. The van der Waals surface area contributed by atoms with E-state index in [4.69, 9.17) is 0 Å². The number of hydrogen-bond donors (Lipinski definition) is 1. The summed E-state index contributed by atoms with van der Waals surface area (Å²) < 4.78 is 0.984. The third kappa shape index (κ3) is 4.21. The summed E-state index contributed by atoms with van der Waals surface area (Å²) in [6, 6.07) is 0.356. The molecule has 1 amide bonds. The number of carbonyl (C=O) groups excluding carboxylic acids is 1. The van der Waals surface area contributed by atoms with E-state index in [1.54, 1.807) is 11.3 Å². The second-order valence-corrected chi connectivity index (χ2v) is 7.57. The van der Waals surface area contributed by atoms with Crippen LogP contribution in [0.5, 0.6) is 0 Å². The zero-order chi connectivity index (χ0) is 13.8. The topological polar surface area (TPSA) is 42.0 Å². The summed E-state index contributed by atoms with van der Waals surface area (Å²) in [5.74, 6) is 1.92. The maximum Gasteiger partial charge on any atom is 0.230 e. The van der Waals surface area contributed by atoms with E-state index in [0.717, 1.165) is 16.5 Å². The van der Waals surface area contributed by atoms with Gasteiger partial charge in [-0.2, -0.15) is 0 Å². The summed E-state index contributed by atoms with van der Waals surface area (Å²) in [6.07, 6.45) is 3.65. The summed E-state index contributed by atoms with van der Waals surface area (Å²) in [6.45, 7) is 6.52. The van der Waals surface area contributed by atoms with Gasteiger partial charge in [0.25, 0.3) is 0 Å². The molecule has 1 N–H and O–H groups in total. The molecule has 1 aliphatic carbocycles. The molecule has 2 rings (SSSR count). The highest BCUT2D eigenvalue weighted by Crippen LogP contribution is 2.29. The molecular weight excluding hydrogens is 276 g/mol. The summed E-state index contributed by atoms with van der Waals surface area (Å²) in [7, 11) is 0. The number of carbonyl (C=O) groups is 1. The molecule has 1 fully saturated rings. The van der Waals surface area contributed by atoms with Crippen LogP contribution in [0.1, 0.15) is 38.8 Å². The number of thioether (sulfide) groups is 1. The highest BCUT2D eigenvalue weighted by atomic mass is 32.2. The van der Waals surface area contributed by atoms with Crippen LogP contribution in [0, 0.1) is 18.8 Å². The largest absolute Gasteiger partial charge is 0.352 e. The van der Waals surface area contributed by atoms with Gasteiger partial charge in [0, 0.05) is 17.1 Å². The number of amides is 1. The van der Waals surface area contributed by atoms with E-state index in [9.17, 15) is 4.79 Å². The molecule has 3 atom stereocenters. The molecule has 5 heteroatoms. The van der Waals surface area contributed by atoms with Gasteiger partial charge in [0.15, 0.2) is 4.34 Å². The van der Waals surface area contributed by atoms with Crippen molar-refractivity contribution in [3.8, 4) is 0 Å². The Morgan fingerprint density at radius 1 is 1.53 bits per heavy atom. The summed E-state index contributed by atoms with van der Waals surface area (Å²) in [4.78, 5) is 16.3. The molecule has 3 nitrogen and oxygen atoms in total. The molecule has 0 radical (unpaired) electrons. The van der Waals surface area contributed by atoms with Crippen molar-refractivity contribution in [3.63, 3.8) is 0 Å². The van der Waals surface area contributed by atoms with Crippen LogP contribution in [0.3, 0.4) is 0 Å². The van der Waals surface area contributed by atoms with Crippen LogP contribution in [-0.2, 0) is 4.79 Å². The first kappa shape index (κ1) is 14.9. The van der Waals surface area contributed by atoms with Crippen molar-refractivity contribution < 1.29 is 4.79 Å². The first-order chi connectivity index (χ1) is 9.06. The van der Waals surface area contributed by atoms with E-state index in [1.807, 2.05) is 12.3 Å². The normalized spacial score (nSPS) is 27.2. The molecular formula is C14H22N2OS2. The number of nitrogens with zero attached hydrogens (tertiary/aromatic N) is 1. The maximum absolute atomic E-state index is 12.0. The molecule has 19 heavy (non-hydrogen) atoms. The lowest BCUT2D eigenvalue weighted by atomic mass is 9.78. The van der Waals surface area contributed by atoms with Crippen LogP contribution >= 0.6 is 23.1 Å². The van der Waals surface area contributed by atoms with Gasteiger partial charge in [-0.1, -0.05) is 38.5 Å².